The fraction of sp³-hybridized carbons (Fsp3) is 0.353. The number of aromatic nitrogens is 1. The molecule has 0 aliphatic heterocycles. The lowest BCUT2D eigenvalue weighted by Crippen LogP contribution is -2.37. The Morgan fingerprint density at radius 3 is 2.70 bits per heavy atom. The number of aryl methyl sites for hydroxylation is 1. The van der Waals surface area contributed by atoms with Crippen LogP contribution in [0, 0.1) is 11.3 Å². The summed E-state index contributed by atoms with van der Waals surface area (Å²) in [5.74, 6) is 0.765. The number of benzene rings is 1. The van der Waals surface area contributed by atoms with E-state index in [1.807, 2.05) is 30.5 Å². The highest BCUT2D eigenvalue weighted by Gasteiger charge is 2.02. The van der Waals surface area contributed by atoms with Crippen molar-refractivity contribution in [2.45, 2.75) is 26.3 Å². The van der Waals surface area contributed by atoms with Crippen LogP contribution in [0.15, 0.2) is 35.5 Å². The lowest BCUT2D eigenvalue weighted by molar-refractivity contribution is 0.792. The fourth-order valence-corrected chi connectivity index (χ4v) is 2.88. The number of nitriles is 1. The van der Waals surface area contributed by atoms with Crippen LogP contribution in [0.1, 0.15) is 27.9 Å². The molecule has 0 aliphatic rings. The molecule has 0 amide bonds. The van der Waals surface area contributed by atoms with Gasteiger partial charge >= 0.3 is 0 Å². The average molecular weight is 327 g/mol. The number of guanidine groups is 1. The maximum atomic E-state index is 8.79. The summed E-state index contributed by atoms with van der Waals surface area (Å²) < 4.78 is 0. The van der Waals surface area contributed by atoms with E-state index in [1.54, 1.807) is 18.4 Å². The number of rotatable bonds is 6. The summed E-state index contributed by atoms with van der Waals surface area (Å²) in [7, 11) is 1.76. The Kier molecular flexibility index (Phi) is 6.57. The van der Waals surface area contributed by atoms with Crippen molar-refractivity contribution in [2.24, 2.45) is 4.99 Å². The van der Waals surface area contributed by atoms with Gasteiger partial charge in [0.25, 0.3) is 0 Å². The summed E-state index contributed by atoms with van der Waals surface area (Å²) in [4.78, 5) is 9.95. The molecule has 1 aromatic heterocycles. The molecule has 6 heteroatoms. The SMILES string of the molecule is CCc1cnc(CCNC(=NC)NCc2ccc(C#N)cc2)s1. The van der Waals surface area contributed by atoms with E-state index in [0.29, 0.717) is 12.1 Å². The number of hydrogen-bond acceptors (Lipinski definition) is 4. The quantitative estimate of drug-likeness (QED) is 0.631. The maximum Gasteiger partial charge on any atom is 0.191 e. The van der Waals surface area contributed by atoms with Crippen molar-refractivity contribution in [1.29, 1.82) is 5.26 Å². The van der Waals surface area contributed by atoms with Crippen molar-refractivity contribution < 1.29 is 0 Å². The summed E-state index contributed by atoms with van der Waals surface area (Å²) in [6.07, 6.45) is 3.89. The highest BCUT2D eigenvalue weighted by atomic mass is 32.1. The van der Waals surface area contributed by atoms with Crippen LogP contribution in [0.25, 0.3) is 0 Å². The minimum Gasteiger partial charge on any atom is -0.356 e. The molecule has 0 saturated carbocycles. The highest BCUT2D eigenvalue weighted by Crippen LogP contribution is 2.13. The predicted molar refractivity (Wildman–Crippen MR) is 94.6 cm³/mol. The van der Waals surface area contributed by atoms with E-state index in [2.05, 4.69) is 33.6 Å². The molecule has 0 radical (unpaired) electrons. The summed E-state index contributed by atoms with van der Waals surface area (Å²) in [6.45, 7) is 3.61. The zero-order valence-electron chi connectivity index (χ0n) is 13.5. The molecule has 0 fully saturated rings. The zero-order valence-corrected chi connectivity index (χ0v) is 14.3. The number of thiazole rings is 1. The highest BCUT2D eigenvalue weighted by molar-refractivity contribution is 7.11. The first-order valence-electron chi connectivity index (χ1n) is 7.62. The maximum absolute atomic E-state index is 8.79. The lowest BCUT2D eigenvalue weighted by Gasteiger charge is -2.11. The fourth-order valence-electron chi connectivity index (χ4n) is 2.02. The summed E-state index contributed by atoms with van der Waals surface area (Å²) in [5.41, 5.74) is 1.78. The van der Waals surface area contributed by atoms with E-state index >= 15 is 0 Å². The Bertz CT molecular complexity index is 682. The third-order valence-electron chi connectivity index (χ3n) is 3.35. The number of hydrogen-bond donors (Lipinski definition) is 2. The zero-order chi connectivity index (χ0) is 16.5. The molecular weight excluding hydrogens is 306 g/mol. The molecule has 120 valence electrons. The van der Waals surface area contributed by atoms with Crippen LogP contribution in [0.5, 0.6) is 0 Å². The summed E-state index contributed by atoms with van der Waals surface area (Å²) >= 11 is 1.77. The minimum atomic E-state index is 0.669. The van der Waals surface area contributed by atoms with E-state index in [-0.39, 0.29) is 0 Å². The van der Waals surface area contributed by atoms with E-state index in [0.717, 1.165) is 35.9 Å². The largest absolute Gasteiger partial charge is 0.356 e. The van der Waals surface area contributed by atoms with Gasteiger partial charge in [0.15, 0.2) is 5.96 Å². The number of aliphatic imine (C=N–C) groups is 1. The second-order valence-corrected chi connectivity index (χ2v) is 6.18. The molecule has 0 unspecified atom stereocenters. The van der Waals surface area contributed by atoms with Gasteiger partial charge in [-0.15, -0.1) is 11.3 Å². The molecule has 2 rings (SSSR count). The second-order valence-electron chi connectivity index (χ2n) is 4.99. The lowest BCUT2D eigenvalue weighted by atomic mass is 10.1. The monoisotopic (exact) mass is 327 g/mol. The van der Waals surface area contributed by atoms with Crippen LogP contribution < -0.4 is 10.6 Å². The first-order chi connectivity index (χ1) is 11.2. The van der Waals surface area contributed by atoms with Crippen LogP contribution in [-0.4, -0.2) is 24.5 Å². The molecule has 0 atom stereocenters. The molecule has 2 aromatic rings. The predicted octanol–water partition coefficient (Wildman–Crippen LogP) is 2.48. The molecule has 0 spiro atoms. The molecular formula is C17H21N5S. The minimum absolute atomic E-state index is 0.669. The van der Waals surface area contributed by atoms with E-state index in [1.165, 1.54) is 4.88 Å². The van der Waals surface area contributed by atoms with Crippen LogP contribution >= 0.6 is 11.3 Å². The smallest absolute Gasteiger partial charge is 0.191 e. The normalized spacial score (nSPS) is 11.1. The van der Waals surface area contributed by atoms with E-state index < -0.39 is 0 Å². The van der Waals surface area contributed by atoms with E-state index in [4.69, 9.17) is 5.26 Å². The van der Waals surface area contributed by atoms with Crippen LogP contribution in [0.4, 0.5) is 0 Å². The Morgan fingerprint density at radius 2 is 2.09 bits per heavy atom. The average Bonchev–Trinajstić information content (AvgIpc) is 3.06. The van der Waals surface area contributed by atoms with Crippen molar-refractivity contribution in [3.63, 3.8) is 0 Å². The van der Waals surface area contributed by atoms with Gasteiger partial charge in [-0.25, -0.2) is 4.98 Å². The van der Waals surface area contributed by atoms with Gasteiger partial charge in [-0.05, 0) is 24.1 Å². The first-order valence-corrected chi connectivity index (χ1v) is 8.44. The summed E-state index contributed by atoms with van der Waals surface area (Å²) in [5, 5.41) is 16.5. The Labute approximate surface area is 141 Å². The van der Waals surface area contributed by atoms with Crippen molar-refractivity contribution in [2.75, 3.05) is 13.6 Å². The van der Waals surface area contributed by atoms with Gasteiger partial charge < -0.3 is 10.6 Å². The molecule has 0 aliphatic carbocycles. The Morgan fingerprint density at radius 1 is 1.30 bits per heavy atom. The van der Waals surface area contributed by atoms with Crippen LogP contribution in [0.3, 0.4) is 0 Å². The van der Waals surface area contributed by atoms with Crippen LogP contribution in [-0.2, 0) is 19.4 Å². The topological polar surface area (TPSA) is 73.1 Å². The van der Waals surface area contributed by atoms with Gasteiger partial charge in [-0.1, -0.05) is 19.1 Å². The molecule has 0 saturated heterocycles. The molecule has 0 bridgehead atoms. The van der Waals surface area contributed by atoms with Crippen molar-refractivity contribution in [1.82, 2.24) is 15.6 Å². The van der Waals surface area contributed by atoms with Crippen LogP contribution in [0.2, 0.25) is 0 Å². The third kappa shape index (κ3) is 5.38. The van der Waals surface area contributed by atoms with Gasteiger partial charge in [-0.3, -0.25) is 4.99 Å². The van der Waals surface area contributed by atoms with Gasteiger partial charge in [0.1, 0.15) is 0 Å². The Hall–Kier alpha value is -2.39. The van der Waals surface area contributed by atoms with Crippen molar-refractivity contribution in [3.05, 3.63) is 51.5 Å². The number of nitrogens with zero attached hydrogens (tertiary/aromatic N) is 3. The standard InChI is InChI=1S/C17H21N5S/c1-3-15-12-21-16(23-15)8-9-20-17(19-2)22-11-14-6-4-13(10-18)5-7-14/h4-7,12H,3,8-9,11H2,1-2H3,(H2,19,20,22). The second kappa shape index (κ2) is 8.91. The van der Waals surface area contributed by atoms with Gasteiger partial charge in [0, 0.05) is 37.6 Å². The van der Waals surface area contributed by atoms with Crippen molar-refractivity contribution in [3.8, 4) is 6.07 Å². The van der Waals surface area contributed by atoms with Gasteiger partial charge in [0.05, 0.1) is 16.6 Å². The summed E-state index contributed by atoms with van der Waals surface area (Å²) in [6, 6.07) is 9.65. The molecule has 5 nitrogen and oxygen atoms in total. The molecule has 2 N–H and O–H groups in total. The van der Waals surface area contributed by atoms with Gasteiger partial charge in [0.2, 0.25) is 0 Å². The van der Waals surface area contributed by atoms with E-state index in [9.17, 15) is 0 Å². The molecule has 23 heavy (non-hydrogen) atoms. The molecule has 1 heterocycles. The number of nitrogens with one attached hydrogen (secondary N) is 2. The molecule has 1 aromatic carbocycles. The van der Waals surface area contributed by atoms with Crippen molar-refractivity contribution >= 4 is 17.3 Å². The first kappa shape index (κ1) is 17.0. The Balaban J connectivity index is 1.75. The third-order valence-corrected chi connectivity index (χ3v) is 4.55. The van der Waals surface area contributed by atoms with Gasteiger partial charge in [-0.2, -0.15) is 5.26 Å².